The van der Waals surface area contributed by atoms with E-state index in [2.05, 4.69) is 0 Å². The van der Waals surface area contributed by atoms with Crippen LogP contribution in [0.3, 0.4) is 0 Å². The van der Waals surface area contributed by atoms with Crippen LogP contribution in [-0.2, 0) is 24.7 Å². The van der Waals surface area contributed by atoms with Gasteiger partial charge >= 0.3 is 34.5 Å². The van der Waals surface area contributed by atoms with Crippen LogP contribution < -0.4 is 5.30 Å². The Labute approximate surface area is 154 Å². The molecule has 0 saturated heterocycles. The van der Waals surface area contributed by atoms with E-state index in [-0.39, 0.29) is 25.8 Å². The van der Waals surface area contributed by atoms with Crippen molar-refractivity contribution in [1.29, 1.82) is 0 Å². The molecule has 0 spiro atoms. The summed E-state index contributed by atoms with van der Waals surface area (Å²) in [6, 6.07) is 8.92. The molecule has 0 aromatic heterocycles. The molecule has 2 rings (SSSR count). The molecular weight excluding hydrogens is 474 g/mol. The molecule has 0 fully saturated rings. The molecule has 1 aliphatic rings. The summed E-state index contributed by atoms with van der Waals surface area (Å²) in [6.07, 6.45) is 2.13. The van der Waals surface area contributed by atoms with Crippen molar-refractivity contribution in [2.45, 2.75) is 5.66 Å². The average molecular weight is 483 g/mol. The normalized spacial score (nSPS) is 19.2. The van der Waals surface area contributed by atoms with Crippen LogP contribution in [-0.4, -0.2) is 17.3 Å². The van der Waals surface area contributed by atoms with E-state index in [0.717, 1.165) is 0 Å². The molecule has 2 nitrogen and oxygen atoms in total. The molecule has 118 valence electrons. The van der Waals surface area contributed by atoms with Gasteiger partial charge in [0.2, 0.25) is 0 Å². The standard InChI is InChI=1S/C14H9Cl2O2P.2ClH.Ru/c15-13-7-4-8-14(12(13)9-17)19(16,10-18)11-5-2-1-3-6-11;;;/h1-8,14H;2*1H;/q;;;+2/p-2. The first-order valence-corrected chi connectivity index (χ1v) is 13.3. The number of hydrogen-bond acceptors (Lipinski definition) is 2. The van der Waals surface area contributed by atoms with Crippen LogP contribution in [0.5, 0.6) is 0 Å². The van der Waals surface area contributed by atoms with Crippen molar-refractivity contribution < 1.29 is 24.7 Å². The molecule has 0 amide bonds. The monoisotopic (exact) mass is 482 g/mol. The van der Waals surface area contributed by atoms with Gasteiger partial charge in [0.1, 0.15) is 11.6 Å². The molecular formula is C14H9Cl4O2PRu. The van der Waals surface area contributed by atoms with Gasteiger partial charge in [0.05, 0.1) is 22.5 Å². The van der Waals surface area contributed by atoms with Gasteiger partial charge in [-0.05, 0) is 6.08 Å². The number of carbonyl (C=O) groups excluding carboxylic acids is 2. The second-order valence-corrected chi connectivity index (χ2v) is 11.1. The van der Waals surface area contributed by atoms with E-state index in [1.54, 1.807) is 48.4 Å². The number of allylic oxidation sites excluding steroid dienone is 5. The summed E-state index contributed by atoms with van der Waals surface area (Å²) in [7, 11) is 9.71. The van der Waals surface area contributed by atoms with E-state index < -0.39 is 11.9 Å². The number of hydrogen-bond donors (Lipinski definition) is 0. The van der Waals surface area contributed by atoms with E-state index in [1.165, 1.54) is 0 Å². The van der Waals surface area contributed by atoms with Crippen LogP contribution in [0.1, 0.15) is 0 Å². The number of rotatable bonds is 2. The maximum atomic E-state index is 11.4. The van der Waals surface area contributed by atoms with Crippen LogP contribution in [0.15, 0.2) is 59.2 Å². The van der Waals surface area contributed by atoms with Gasteiger partial charge in [-0.1, -0.05) is 65.3 Å². The summed E-state index contributed by atoms with van der Waals surface area (Å²) < 4.78 is 0. The van der Waals surface area contributed by atoms with Crippen molar-refractivity contribution in [3.63, 3.8) is 0 Å². The minimum absolute atomic E-state index is 0.208. The molecule has 0 heterocycles. The summed E-state index contributed by atoms with van der Waals surface area (Å²) in [5.41, 5.74) is 1.57. The van der Waals surface area contributed by atoms with E-state index >= 15 is 0 Å². The van der Waals surface area contributed by atoms with Crippen molar-refractivity contribution in [3.8, 4) is 0 Å². The third-order valence-corrected chi connectivity index (χ3v) is 7.11. The Bertz CT molecular complexity index is 705. The quantitative estimate of drug-likeness (QED) is 0.346. The third-order valence-electron chi connectivity index (χ3n) is 2.85. The van der Waals surface area contributed by atoms with Crippen LogP contribution in [0, 0.1) is 0 Å². The second-order valence-electron chi connectivity index (χ2n) is 3.97. The Morgan fingerprint density at radius 3 is 2.23 bits per heavy atom. The van der Waals surface area contributed by atoms with Gasteiger partial charge in [0, 0.05) is 5.30 Å². The van der Waals surface area contributed by atoms with Gasteiger partial charge < -0.3 is 0 Å². The summed E-state index contributed by atoms with van der Waals surface area (Å²) in [6.45, 7) is 0. The summed E-state index contributed by atoms with van der Waals surface area (Å²) in [5, 5.41) is 0.930. The Hall–Kier alpha value is -0.0566. The van der Waals surface area contributed by atoms with Gasteiger partial charge in [-0.25, -0.2) is 9.59 Å². The predicted octanol–water partition coefficient (Wildman–Crippen LogP) is 4.75. The van der Waals surface area contributed by atoms with Crippen molar-refractivity contribution in [2.75, 3.05) is 0 Å². The molecule has 0 radical (unpaired) electrons. The Balaban J connectivity index is 0.000000745. The first-order chi connectivity index (χ1) is 10.5. The maximum absolute atomic E-state index is 11.4. The van der Waals surface area contributed by atoms with Crippen molar-refractivity contribution in [3.05, 3.63) is 59.2 Å². The molecule has 1 aromatic rings. The minimum atomic E-state index is -2.83. The molecule has 2 unspecified atom stereocenters. The van der Waals surface area contributed by atoms with E-state index in [1.807, 2.05) is 11.7 Å². The fraction of sp³-hybridized carbons (Fsp3) is 0.0714. The molecule has 0 saturated carbocycles. The first-order valence-electron chi connectivity index (χ1n) is 5.73. The second kappa shape index (κ2) is 9.94. The zero-order valence-corrected chi connectivity index (χ0v) is 16.5. The first kappa shape index (κ1) is 20.0. The molecule has 8 heteroatoms. The number of benzene rings is 1. The van der Waals surface area contributed by atoms with Gasteiger partial charge in [-0.2, -0.15) is 0 Å². The van der Waals surface area contributed by atoms with Crippen molar-refractivity contribution in [1.82, 2.24) is 0 Å². The molecule has 22 heavy (non-hydrogen) atoms. The van der Waals surface area contributed by atoms with Crippen LogP contribution in [0.25, 0.3) is 0 Å². The molecule has 0 bridgehead atoms. The Kier molecular flexibility index (Phi) is 9.03. The number of halogens is 4. The summed E-state index contributed by atoms with van der Waals surface area (Å²) in [5.74, 6) is 1.79. The van der Waals surface area contributed by atoms with E-state index in [0.29, 0.717) is 5.30 Å². The van der Waals surface area contributed by atoms with E-state index in [4.69, 9.17) is 42.2 Å². The van der Waals surface area contributed by atoms with E-state index in [9.17, 15) is 9.59 Å². The topological polar surface area (TPSA) is 34.1 Å². The molecule has 1 aromatic carbocycles. The summed E-state index contributed by atoms with van der Waals surface area (Å²) >= 11 is 12.1. The van der Waals surface area contributed by atoms with Crippen LogP contribution >= 0.6 is 48.5 Å². The third kappa shape index (κ3) is 4.72. The summed E-state index contributed by atoms with van der Waals surface area (Å²) in [4.78, 5) is 22.5. The molecule has 0 aliphatic heterocycles. The molecule has 0 N–H and O–H groups in total. The molecule has 2 atom stereocenters. The SMILES string of the molecule is O=C=C1C(Cl)=CC=CC1P(Cl)(=C=O)c1ccccc1.[Cl][Ru][Cl]. The Morgan fingerprint density at radius 2 is 1.73 bits per heavy atom. The zero-order chi connectivity index (χ0) is 16.6. The predicted molar refractivity (Wildman–Crippen MR) is 92.3 cm³/mol. The van der Waals surface area contributed by atoms with Gasteiger partial charge in [-0.15, -0.1) is 0 Å². The Morgan fingerprint density at radius 1 is 1.14 bits per heavy atom. The fourth-order valence-electron chi connectivity index (χ4n) is 1.89. The van der Waals surface area contributed by atoms with Gasteiger partial charge in [0.25, 0.3) is 0 Å². The molecule has 1 aliphatic carbocycles. The van der Waals surface area contributed by atoms with Crippen molar-refractivity contribution >= 4 is 65.4 Å². The van der Waals surface area contributed by atoms with Crippen LogP contribution in [0.4, 0.5) is 0 Å². The van der Waals surface area contributed by atoms with Gasteiger partial charge in [-0.3, -0.25) is 0 Å². The van der Waals surface area contributed by atoms with Crippen molar-refractivity contribution in [2.24, 2.45) is 0 Å². The average Bonchev–Trinajstić information content (AvgIpc) is 2.55. The van der Waals surface area contributed by atoms with Gasteiger partial charge in [0.15, 0.2) is 0 Å². The zero-order valence-electron chi connectivity index (χ0n) is 10.8. The van der Waals surface area contributed by atoms with Crippen LogP contribution in [0.2, 0.25) is 0 Å². The fourth-order valence-corrected chi connectivity index (χ4v) is 5.05.